The fourth-order valence-electron chi connectivity index (χ4n) is 2.60. The fraction of sp³-hybridized carbons (Fsp3) is 0.312. The SMILES string of the molecule is O=C(CN1C(=O)S/C(=C/c2cc([N+](=O)[O-])ccc2O)C1=O)N1CCOCC1. The molecule has 0 radical (unpaired) electrons. The molecule has 27 heavy (non-hydrogen) atoms. The molecule has 0 saturated carbocycles. The molecule has 2 saturated heterocycles. The Morgan fingerprint density at radius 1 is 1.33 bits per heavy atom. The zero-order valence-electron chi connectivity index (χ0n) is 14.0. The molecule has 0 unspecified atom stereocenters. The largest absolute Gasteiger partial charge is 0.507 e. The Morgan fingerprint density at radius 3 is 2.70 bits per heavy atom. The van der Waals surface area contributed by atoms with E-state index in [4.69, 9.17) is 4.74 Å². The van der Waals surface area contributed by atoms with Gasteiger partial charge >= 0.3 is 0 Å². The van der Waals surface area contributed by atoms with Crippen molar-refractivity contribution in [2.75, 3.05) is 32.8 Å². The van der Waals surface area contributed by atoms with Crippen molar-refractivity contribution in [1.82, 2.24) is 9.80 Å². The Bertz CT molecular complexity index is 848. The molecule has 0 atom stereocenters. The Hall–Kier alpha value is -2.92. The lowest BCUT2D eigenvalue weighted by molar-refractivity contribution is -0.384. The van der Waals surface area contributed by atoms with Crippen molar-refractivity contribution in [2.24, 2.45) is 0 Å². The number of imide groups is 1. The highest BCUT2D eigenvalue weighted by Crippen LogP contribution is 2.34. The third-order valence-corrected chi connectivity index (χ3v) is 4.95. The second-order valence-corrected chi connectivity index (χ2v) is 6.75. The van der Waals surface area contributed by atoms with Crippen molar-refractivity contribution in [3.63, 3.8) is 0 Å². The number of morpholine rings is 1. The second kappa shape index (κ2) is 7.76. The number of carbonyl (C=O) groups is 3. The minimum Gasteiger partial charge on any atom is -0.507 e. The van der Waals surface area contributed by atoms with E-state index in [9.17, 15) is 29.6 Å². The highest BCUT2D eigenvalue weighted by atomic mass is 32.2. The van der Waals surface area contributed by atoms with E-state index >= 15 is 0 Å². The van der Waals surface area contributed by atoms with Crippen LogP contribution in [0.3, 0.4) is 0 Å². The monoisotopic (exact) mass is 393 g/mol. The van der Waals surface area contributed by atoms with Crippen LogP contribution in [0.25, 0.3) is 6.08 Å². The lowest BCUT2D eigenvalue weighted by Crippen LogP contribution is -2.46. The van der Waals surface area contributed by atoms with E-state index in [1.54, 1.807) is 0 Å². The summed E-state index contributed by atoms with van der Waals surface area (Å²) in [6.07, 6.45) is 1.20. The maximum atomic E-state index is 12.5. The number of hydrogen-bond acceptors (Lipinski definition) is 8. The van der Waals surface area contributed by atoms with Crippen LogP contribution in [0.15, 0.2) is 23.1 Å². The number of carbonyl (C=O) groups excluding carboxylic acids is 3. The first-order valence-electron chi connectivity index (χ1n) is 7.95. The minimum atomic E-state index is -0.683. The number of nitro benzene ring substituents is 1. The Labute approximate surface area is 157 Å². The van der Waals surface area contributed by atoms with Gasteiger partial charge < -0.3 is 14.7 Å². The molecule has 2 fully saturated rings. The summed E-state index contributed by atoms with van der Waals surface area (Å²) in [5.74, 6) is -1.31. The Balaban J connectivity index is 1.77. The minimum absolute atomic E-state index is 0.0226. The summed E-state index contributed by atoms with van der Waals surface area (Å²) in [6, 6.07) is 3.36. The number of nitro groups is 1. The normalized spacial score (nSPS) is 19.0. The van der Waals surface area contributed by atoms with Gasteiger partial charge in [0.2, 0.25) is 5.91 Å². The van der Waals surface area contributed by atoms with Gasteiger partial charge in [-0.1, -0.05) is 0 Å². The molecule has 0 bridgehead atoms. The molecule has 3 rings (SSSR count). The summed E-state index contributed by atoms with van der Waals surface area (Å²) in [5, 5.41) is 20.1. The highest BCUT2D eigenvalue weighted by molar-refractivity contribution is 8.18. The molecule has 0 aliphatic carbocycles. The summed E-state index contributed by atoms with van der Waals surface area (Å²) >= 11 is 0.610. The number of nitrogens with zero attached hydrogens (tertiary/aromatic N) is 3. The van der Waals surface area contributed by atoms with Gasteiger partial charge in [0.25, 0.3) is 16.8 Å². The molecule has 0 aromatic heterocycles. The van der Waals surface area contributed by atoms with Gasteiger partial charge in [0.05, 0.1) is 23.0 Å². The summed E-state index contributed by atoms with van der Waals surface area (Å²) in [5.41, 5.74) is -0.227. The molecule has 3 amide bonds. The van der Waals surface area contributed by atoms with Gasteiger partial charge in [-0.25, -0.2) is 0 Å². The molecule has 0 spiro atoms. The predicted molar refractivity (Wildman–Crippen MR) is 94.8 cm³/mol. The van der Waals surface area contributed by atoms with Crippen molar-refractivity contribution in [3.8, 4) is 5.75 Å². The van der Waals surface area contributed by atoms with Crippen LogP contribution in [-0.4, -0.2) is 69.7 Å². The van der Waals surface area contributed by atoms with Crippen LogP contribution in [0.1, 0.15) is 5.56 Å². The molecule has 1 aromatic carbocycles. The van der Waals surface area contributed by atoms with Crippen molar-refractivity contribution < 1.29 is 29.2 Å². The number of rotatable bonds is 4. The van der Waals surface area contributed by atoms with E-state index in [0.29, 0.717) is 38.1 Å². The molecule has 2 aliphatic rings. The molecule has 2 aliphatic heterocycles. The number of amides is 3. The third-order valence-electron chi connectivity index (χ3n) is 4.04. The highest BCUT2D eigenvalue weighted by Gasteiger charge is 2.37. The van der Waals surface area contributed by atoms with E-state index in [-0.39, 0.29) is 34.4 Å². The Kier molecular flexibility index (Phi) is 5.42. The Morgan fingerprint density at radius 2 is 2.04 bits per heavy atom. The number of non-ortho nitro benzene ring substituents is 1. The average Bonchev–Trinajstić information content (AvgIpc) is 2.91. The van der Waals surface area contributed by atoms with E-state index < -0.39 is 16.1 Å². The second-order valence-electron chi connectivity index (χ2n) is 5.76. The first-order valence-corrected chi connectivity index (χ1v) is 8.77. The maximum Gasteiger partial charge on any atom is 0.294 e. The van der Waals surface area contributed by atoms with Crippen molar-refractivity contribution in [3.05, 3.63) is 38.8 Å². The lowest BCUT2D eigenvalue weighted by atomic mass is 10.1. The number of phenolic OH excluding ortho intramolecular Hbond substituents is 1. The summed E-state index contributed by atoms with van der Waals surface area (Å²) in [6.45, 7) is 1.21. The van der Waals surface area contributed by atoms with Crippen molar-refractivity contribution >= 4 is 40.6 Å². The predicted octanol–water partition coefficient (Wildman–Crippen LogP) is 1.20. The van der Waals surface area contributed by atoms with Gasteiger partial charge in [0.15, 0.2) is 0 Å². The zero-order chi connectivity index (χ0) is 19.6. The van der Waals surface area contributed by atoms with Gasteiger partial charge in [-0.2, -0.15) is 0 Å². The number of aromatic hydroxyl groups is 1. The van der Waals surface area contributed by atoms with E-state index in [2.05, 4.69) is 0 Å². The van der Waals surface area contributed by atoms with E-state index in [1.165, 1.54) is 11.0 Å². The number of benzene rings is 1. The first kappa shape index (κ1) is 18.9. The molecule has 2 heterocycles. The summed E-state index contributed by atoms with van der Waals surface area (Å²) < 4.78 is 5.16. The van der Waals surface area contributed by atoms with Crippen LogP contribution in [0, 0.1) is 10.1 Å². The molecule has 1 aromatic rings. The van der Waals surface area contributed by atoms with Crippen LogP contribution in [0.4, 0.5) is 10.5 Å². The third kappa shape index (κ3) is 4.09. The van der Waals surface area contributed by atoms with Gasteiger partial charge in [-0.05, 0) is 23.9 Å². The number of hydrogen-bond donors (Lipinski definition) is 1. The lowest BCUT2D eigenvalue weighted by Gasteiger charge is -2.28. The van der Waals surface area contributed by atoms with Crippen LogP contribution < -0.4 is 0 Å². The van der Waals surface area contributed by atoms with Crippen LogP contribution >= 0.6 is 11.8 Å². The van der Waals surface area contributed by atoms with E-state index in [1.807, 2.05) is 0 Å². The quantitative estimate of drug-likeness (QED) is 0.459. The van der Waals surface area contributed by atoms with Gasteiger partial charge in [-0.15, -0.1) is 0 Å². The number of thioether (sulfide) groups is 1. The molecular formula is C16H15N3O7S. The number of ether oxygens (including phenoxy) is 1. The van der Waals surface area contributed by atoms with Gasteiger partial charge in [0.1, 0.15) is 12.3 Å². The van der Waals surface area contributed by atoms with Crippen LogP contribution in [-0.2, 0) is 14.3 Å². The van der Waals surface area contributed by atoms with Crippen molar-refractivity contribution in [2.45, 2.75) is 0 Å². The van der Waals surface area contributed by atoms with Gasteiger partial charge in [-0.3, -0.25) is 29.4 Å². The first-order chi connectivity index (χ1) is 12.9. The van der Waals surface area contributed by atoms with Gasteiger partial charge in [0, 0.05) is 30.8 Å². The van der Waals surface area contributed by atoms with Crippen LogP contribution in [0.2, 0.25) is 0 Å². The molecule has 142 valence electrons. The maximum absolute atomic E-state index is 12.5. The zero-order valence-corrected chi connectivity index (χ0v) is 14.8. The molecule has 11 heteroatoms. The molecule has 1 N–H and O–H groups in total. The van der Waals surface area contributed by atoms with E-state index in [0.717, 1.165) is 23.1 Å². The average molecular weight is 393 g/mol. The fourth-order valence-corrected chi connectivity index (χ4v) is 3.43. The standard InChI is InChI=1S/C16H15N3O7S/c20-12-2-1-11(19(24)25)7-10(12)8-13-15(22)18(16(23)27-13)9-14(21)17-3-5-26-6-4-17/h1-2,7-8,20H,3-6,9H2/b13-8+. The van der Waals surface area contributed by atoms with Crippen molar-refractivity contribution in [1.29, 1.82) is 0 Å². The molecular weight excluding hydrogens is 378 g/mol. The number of phenols is 1. The summed E-state index contributed by atoms with van der Waals surface area (Å²) in [7, 11) is 0. The smallest absolute Gasteiger partial charge is 0.294 e. The summed E-state index contributed by atoms with van der Waals surface area (Å²) in [4.78, 5) is 49.4. The topological polar surface area (TPSA) is 130 Å². The molecule has 10 nitrogen and oxygen atoms in total. The van der Waals surface area contributed by atoms with Crippen LogP contribution in [0.5, 0.6) is 5.75 Å².